The Morgan fingerprint density at radius 3 is 2.66 bits per heavy atom. The van der Waals surface area contributed by atoms with Crippen LogP contribution in [0.5, 0.6) is 0 Å². The van der Waals surface area contributed by atoms with Crippen molar-refractivity contribution in [2.24, 2.45) is 0 Å². The summed E-state index contributed by atoms with van der Waals surface area (Å²) in [5, 5.41) is 12.3. The van der Waals surface area contributed by atoms with Crippen LogP contribution in [0.1, 0.15) is 0 Å². The molecule has 0 aliphatic carbocycles. The van der Waals surface area contributed by atoms with Gasteiger partial charge in [-0.3, -0.25) is 14.3 Å². The van der Waals surface area contributed by atoms with Gasteiger partial charge in [-0.15, -0.1) is 0 Å². The van der Waals surface area contributed by atoms with Gasteiger partial charge in [0.25, 0.3) is 0 Å². The maximum Gasteiger partial charge on any atom is 0.322 e. The average molecular weight is 436 g/mol. The minimum Gasteiger partial charge on any atom is -0.480 e. The molecule has 1 unspecified atom stereocenters. The molecule has 3 aromatic heterocycles. The Labute approximate surface area is 181 Å². The highest BCUT2D eigenvalue weighted by molar-refractivity contribution is 5.82. The van der Waals surface area contributed by atoms with Crippen LogP contribution in [0.4, 0.5) is 14.6 Å². The number of nitrogens with zero attached hydrogens (tertiary/aromatic N) is 5. The van der Waals surface area contributed by atoms with E-state index in [9.17, 15) is 18.7 Å². The standard InChI is InChI=1S/C22H18F2N6O2/c23-13-1-2-15(16(24)11-13)20-27-17-3-4-19(29-10-9-26-18(12-29)22(31)32)28-21(17)30(20)14-5-7-25-8-6-14/h1-8,11,18,26H,9-10,12H2,(H,31,32). The highest BCUT2D eigenvalue weighted by atomic mass is 19.1. The van der Waals surface area contributed by atoms with Gasteiger partial charge in [-0.2, -0.15) is 0 Å². The number of hydrogen-bond acceptors (Lipinski definition) is 6. The molecular weight excluding hydrogens is 418 g/mol. The second-order valence-electron chi connectivity index (χ2n) is 7.40. The second-order valence-corrected chi connectivity index (χ2v) is 7.40. The number of nitrogens with one attached hydrogen (secondary N) is 1. The van der Waals surface area contributed by atoms with Gasteiger partial charge < -0.3 is 15.3 Å². The Bertz CT molecular complexity index is 1310. The molecule has 5 rings (SSSR count). The van der Waals surface area contributed by atoms with Gasteiger partial charge in [0.05, 0.1) is 11.3 Å². The summed E-state index contributed by atoms with van der Waals surface area (Å²) < 4.78 is 29.8. The number of rotatable bonds is 4. The fourth-order valence-electron chi connectivity index (χ4n) is 3.84. The molecule has 1 aliphatic heterocycles. The van der Waals surface area contributed by atoms with E-state index in [1.54, 1.807) is 41.2 Å². The Morgan fingerprint density at radius 1 is 1.09 bits per heavy atom. The molecule has 162 valence electrons. The molecule has 2 N–H and O–H groups in total. The molecule has 1 atom stereocenters. The molecule has 1 aromatic carbocycles. The molecule has 0 amide bonds. The monoisotopic (exact) mass is 436 g/mol. The van der Waals surface area contributed by atoms with Crippen LogP contribution in [0.25, 0.3) is 28.2 Å². The van der Waals surface area contributed by atoms with Crippen molar-refractivity contribution in [3.8, 4) is 17.1 Å². The fourth-order valence-corrected chi connectivity index (χ4v) is 3.84. The first-order valence-corrected chi connectivity index (χ1v) is 9.98. The largest absolute Gasteiger partial charge is 0.480 e. The highest BCUT2D eigenvalue weighted by Crippen LogP contribution is 2.31. The van der Waals surface area contributed by atoms with Crippen molar-refractivity contribution in [1.82, 2.24) is 24.8 Å². The topological polar surface area (TPSA) is 96.2 Å². The molecule has 4 aromatic rings. The Balaban J connectivity index is 1.68. The first kappa shape index (κ1) is 20.0. The summed E-state index contributed by atoms with van der Waals surface area (Å²) in [6.07, 6.45) is 3.20. The summed E-state index contributed by atoms with van der Waals surface area (Å²) in [4.78, 5) is 26.6. The molecule has 0 saturated carbocycles. The third-order valence-electron chi connectivity index (χ3n) is 5.38. The van der Waals surface area contributed by atoms with Crippen molar-refractivity contribution in [2.75, 3.05) is 24.5 Å². The fraction of sp³-hybridized carbons (Fsp3) is 0.182. The van der Waals surface area contributed by atoms with Gasteiger partial charge in [-0.25, -0.2) is 18.7 Å². The molecule has 32 heavy (non-hydrogen) atoms. The van der Waals surface area contributed by atoms with E-state index >= 15 is 0 Å². The van der Waals surface area contributed by atoms with E-state index in [0.717, 1.165) is 6.07 Å². The number of piperazine rings is 1. The first-order valence-electron chi connectivity index (χ1n) is 9.98. The zero-order valence-electron chi connectivity index (χ0n) is 16.7. The number of hydrogen-bond donors (Lipinski definition) is 2. The van der Waals surface area contributed by atoms with Crippen molar-refractivity contribution in [3.05, 3.63) is 66.5 Å². The predicted molar refractivity (Wildman–Crippen MR) is 114 cm³/mol. The Hall–Kier alpha value is -3.92. The number of carboxylic acid groups (broad SMARTS) is 1. The van der Waals surface area contributed by atoms with Crippen molar-refractivity contribution < 1.29 is 18.7 Å². The first-order chi connectivity index (χ1) is 15.5. The van der Waals surface area contributed by atoms with Gasteiger partial charge in [0.15, 0.2) is 5.65 Å². The molecule has 0 spiro atoms. The van der Waals surface area contributed by atoms with Gasteiger partial charge >= 0.3 is 5.97 Å². The van der Waals surface area contributed by atoms with Crippen LogP contribution in [0, 0.1) is 11.6 Å². The van der Waals surface area contributed by atoms with Crippen LogP contribution >= 0.6 is 0 Å². The quantitative estimate of drug-likeness (QED) is 0.508. The van der Waals surface area contributed by atoms with Crippen LogP contribution in [0.2, 0.25) is 0 Å². The highest BCUT2D eigenvalue weighted by Gasteiger charge is 2.26. The van der Waals surface area contributed by atoms with Crippen molar-refractivity contribution in [1.29, 1.82) is 0 Å². The lowest BCUT2D eigenvalue weighted by atomic mass is 10.2. The van der Waals surface area contributed by atoms with Crippen LogP contribution in [-0.2, 0) is 4.79 Å². The number of aromatic nitrogens is 4. The summed E-state index contributed by atoms with van der Waals surface area (Å²) in [6.45, 7) is 1.36. The lowest BCUT2D eigenvalue weighted by molar-refractivity contribution is -0.139. The summed E-state index contributed by atoms with van der Waals surface area (Å²) in [7, 11) is 0. The molecule has 10 heteroatoms. The zero-order valence-corrected chi connectivity index (χ0v) is 16.7. The summed E-state index contributed by atoms with van der Waals surface area (Å²) in [5.74, 6) is -1.47. The molecule has 1 fully saturated rings. The van der Waals surface area contributed by atoms with E-state index < -0.39 is 23.6 Å². The minimum absolute atomic E-state index is 0.135. The van der Waals surface area contributed by atoms with Gasteiger partial charge in [0.1, 0.15) is 34.8 Å². The Morgan fingerprint density at radius 2 is 1.91 bits per heavy atom. The van der Waals surface area contributed by atoms with E-state index in [1.165, 1.54) is 12.1 Å². The van der Waals surface area contributed by atoms with Crippen LogP contribution in [0.15, 0.2) is 54.9 Å². The summed E-state index contributed by atoms with van der Waals surface area (Å²) in [5.41, 5.74) is 1.79. The molecular formula is C22H18F2N6O2. The van der Waals surface area contributed by atoms with Crippen molar-refractivity contribution in [3.63, 3.8) is 0 Å². The van der Waals surface area contributed by atoms with E-state index in [1.807, 2.05) is 4.90 Å². The number of imidazole rings is 1. The predicted octanol–water partition coefficient (Wildman–Crippen LogP) is 2.62. The van der Waals surface area contributed by atoms with Gasteiger partial charge in [0, 0.05) is 38.1 Å². The van der Waals surface area contributed by atoms with Crippen molar-refractivity contribution >= 4 is 23.0 Å². The van der Waals surface area contributed by atoms with E-state index in [0.29, 0.717) is 35.8 Å². The number of aliphatic carboxylic acids is 1. The number of halogens is 2. The number of anilines is 1. The number of benzene rings is 1. The summed E-state index contributed by atoms with van der Waals surface area (Å²) >= 11 is 0. The van der Waals surface area contributed by atoms with Gasteiger partial charge in [-0.1, -0.05) is 0 Å². The lowest BCUT2D eigenvalue weighted by Crippen LogP contribution is -2.54. The number of carboxylic acids is 1. The van der Waals surface area contributed by atoms with Crippen LogP contribution < -0.4 is 10.2 Å². The maximum atomic E-state index is 14.7. The van der Waals surface area contributed by atoms with E-state index in [2.05, 4.69) is 15.3 Å². The Kier molecular flexibility index (Phi) is 4.98. The molecule has 8 nitrogen and oxygen atoms in total. The maximum absolute atomic E-state index is 14.7. The number of pyridine rings is 2. The molecule has 0 radical (unpaired) electrons. The second kappa shape index (κ2) is 7.97. The third-order valence-corrected chi connectivity index (χ3v) is 5.38. The van der Waals surface area contributed by atoms with Gasteiger partial charge in [-0.05, 0) is 36.4 Å². The zero-order chi connectivity index (χ0) is 22.2. The van der Waals surface area contributed by atoms with E-state index in [4.69, 9.17) is 4.98 Å². The van der Waals surface area contributed by atoms with Gasteiger partial charge in [0.2, 0.25) is 0 Å². The lowest BCUT2D eigenvalue weighted by Gasteiger charge is -2.32. The van der Waals surface area contributed by atoms with Crippen molar-refractivity contribution in [2.45, 2.75) is 6.04 Å². The van der Waals surface area contributed by atoms with Crippen LogP contribution in [0.3, 0.4) is 0 Å². The third kappa shape index (κ3) is 3.54. The average Bonchev–Trinajstić information content (AvgIpc) is 3.18. The number of fused-ring (bicyclic) bond motifs is 1. The van der Waals surface area contributed by atoms with E-state index in [-0.39, 0.29) is 17.9 Å². The molecule has 0 bridgehead atoms. The molecule has 1 aliphatic rings. The molecule has 1 saturated heterocycles. The summed E-state index contributed by atoms with van der Waals surface area (Å²) in [6, 6.07) is 9.65. The SMILES string of the molecule is O=C(O)C1CN(c2ccc3nc(-c4ccc(F)cc4F)n(-c4ccncc4)c3n2)CCN1. The van der Waals surface area contributed by atoms with Crippen LogP contribution in [-0.4, -0.2) is 56.3 Å². The normalized spacial score (nSPS) is 16.4. The molecule has 4 heterocycles. The number of carbonyl (C=O) groups is 1. The smallest absolute Gasteiger partial charge is 0.322 e. The minimum atomic E-state index is -0.924.